The van der Waals surface area contributed by atoms with E-state index in [1.165, 1.54) is 6.26 Å². The Labute approximate surface area is 107 Å². The molecular formula is C12H17ClO3S. The molecule has 17 heavy (non-hydrogen) atoms. The lowest BCUT2D eigenvalue weighted by Gasteiger charge is -2.13. The summed E-state index contributed by atoms with van der Waals surface area (Å²) in [6, 6.07) is 5.29. The van der Waals surface area contributed by atoms with Gasteiger partial charge in [-0.3, -0.25) is 0 Å². The SMILES string of the molecule is Cc1cc(Cl)ccc1C(O)CCCS(C)(=O)=O. The van der Waals surface area contributed by atoms with E-state index in [0.29, 0.717) is 17.9 Å². The molecule has 0 fully saturated rings. The highest BCUT2D eigenvalue weighted by Crippen LogP contribution is 2.24. The molecule has 0 saturated carbocycles. The molecule has 0 aliphatic heterocycles. The molecule has 0 amide bonds. The predicted octanol–water partition coefficient (Wildman–Crippen LogP) is 2.51. The minimum absolute atomic E-state index is 0.108. The van der Waals surface area contributed by atoms with Crippen molar-refractivity contribution >= 4 is 21.4 Å². The van der Waals surface area contributed by atoms with Crippen LogP contribution in [-0.2, 0) is 9.84 Å². The lowest BCUT2D eigenvalue weighted by Crippen LogP contribution is -2.06. The molecule has 0 aromatic heterocycles. The van der Waals surface area contributed by atoms with Crippen LogP contribution in [0, 0.1) is 6.92 Å². The average molecular weight is 277 g/mol. The van der Waals surface area contributed by atoms with Crippen molar-refractivity contribution in [3.05, 3.63) is 34.3 Å². The first-order valence-electron chi connectivity index (χ1n) is 5.41. The minimum Gasteiger partial charge on any atom is -0.388 e. The topological polar surface area (TPSA) is 54.4 Å². The number of halogens is 1. The molecule has 0 bridgehead atoms. The van der Waals surface area contributed by atoms with Crippen LogP contribution in [0.1, 0.15) is 30.1 Å². The van der Waals surface area contributed by atoms with Gasteiger partial charge < -0.3 is 5.11 Å². The van der Waals surface area contributed by atoms with Crippen molar-refractivity contribution in [3.63, 3.8) is 0 Å². The molecule has 1 aromatic rings. The van der Waals surface area contributed by atoms with Gasteiger partial charge in [0.2, 0.25) is 0 Å². The monoisotopic (exact) mass is 276 g/mol. The van der Waals surface area contributed by atoms with E-state index in [2.05, 4.69) is 0 Å². The summed E-state index contributed by atoms with van der Waals surface area (Å²) in [5, 5.41) is 10.6. The fourth-order valence-corrected chi connectivity index (χ4v) is 2.63. The van der Waals surface area contributed by atoms with E-state index >= 15 is 0 Å². The van der Waals surface area contributed by atoms with Crippen molar-refractivity contribution in [1.29, 1.82) is 0 Å². The van der Waals surface area contributed by atoms with Crippen LogP contribution in [0.5, 0.6) is 0 Å². The van der Waals surface area contributed by atoms with Gasteiger partial charge in [0.15, 0.2) is 0 Å². The van der Waals surface area contributed by atoms with Crippen molar-refractivity contribution in [3.8, 4) is 0 Å². The van der Waals surface area contributed by atoms with Crippen LogP contribution in [0.25, 0.3) is 0 Å². The Morgan fingerprint density at radius 3 is 2.59 bits per heavy atom. The second kappa shape index (κ2) is 5.85. The highest BCUT2D eigenvalue weighted by molar-refractivity contribution is 7.90. The van der Waals surface area contributed by atoms with Gasteiger partial charge in [-0.05, 0) is 43.0 Å². The average Bonchev–Trinajstić information content (AvgIpc) is 2.15. The highest BCUT2D eigenvalue weighted by Gasteiger charge is 2.12. The number of benzene rings is 1. The number of sulfone groups is 1. The fourth-order valence-electron chi connectivity index (χ4n) is 1.71. The van der Waals surface area contributed by atoms with Crippen molar-refractivity contribution in [1.82, 2.24) is 0 Å². The van der Waals surface area contributed by atoms with Gasteiger partial charge in [0.05, 0.1) is 6.10 Å². The Hall–Kier alpha value is -0.580. The fraction of sp³-hybridized carbons (Fsp3) is 0.500. The van der Waals surface area contributed by atoms with E-state index in [9.17, 15) is 13.5 Å². The molecule has 1 aromatic carbocycles. The summed E-state index contributed by atoms with van der Waals surface area (Å²) in [4.78, 5) is 0. The van der Waals surface area contributed by atoms with Crippen LogP contribution in [0.2, 0.25) is 5.02 Å². The lowest BCUT2D eigenvalue weighted by molar-refractivity contribution is 0.166. The van der Waals surface area contributed by atoms with Gasteiger partial charge in [-0.25, -0.2) is 8.42 Å². The third-order valence-electron chi connectivity index (χ3n) is 2.58. The second-order valence-corrected chi connectivity index (χ2v) is 6.99. The van der Waals surface area contributed by atoms with Gasteiger partial charge in [0, 0.05) is 17.0 Å². The third kappa shape index (κ3) is 5.06. The Balaban J connectivity index is 2.61. The summed E-state index contributed by atoms with van der Waals surface area (Å²) in [6.45, 7) is 1.88. The quantitative estimate of drug-likeness (QED) is 0.899. The maximum atomic E-state index is 11.0. The third-order valence-corrected chi connectivity index (χ3v) is 3.85. The molecule has 3 nitrogen and oxygen atoms in total. The first kappa shape index (κ1) is 14.5. The molecule has 0 aliphatic rings. The van der Waals surface area contributed by atoms with Gasteiger partial charge in [-0.1, -0.05) is 17.7 Å². The maximum Gasteiger partial charge on any atom is 0.147 e. The molecule has 0 saturated heterocycles. The number of hydrogen-bond acceptors (Lipinski definition) is 3. The van der Waals surface area contributed by atoms with Gasteiger partial charge in [-0.2, -0.15) is 0 Å². The summed E-state index contributed by atoms with van der Waals surface area (Å²) in [7, 11) is -2.95. The van der Waals surface area contributed by atoms with E-state index in [0.717, 1.165) is 11.1 Å². The molecule has 1 unspecified atom stereocenters. The summed E-state index contributed by atoms with van der Waals surface area (Å²) in [6.07, 6.45) is 1.47. The van der Waals surface area contributed by atoms with Gasteiger partial charge >= 0.3 is 0 Å². The molecule has 0 heterocycles. The molecule has 1 rings (SSSR count). The number of aryl methyl sites for hydroxylation is 1. The van der Waals surface area contributed by atoms with Gasteiger partial charge in [0.25, 0.3) is 0 Å². The van der Waals surface area contributed by atoms with E-state index in [4.69, 9.17) is 11.6 Å². The van der Waals surface area contributed by atoms with Crippen LogP contribution < -0.4 is 0 Å². The van der Waals surface area contributed by atoms with E-state index in [-0.39, 0.29) is 5.75 Å². The highest BCUT2D eigenvalue weighted by atomic mass is 35.5. The normalized spacial score (nSPS) is 13.6. The molecule has 0 spiro atoms. The van der Waals surface area contributed by atoms with Crippen LogP contribution in [0.15, 0.2) is 18.2 Å². The zero-order valence-electron chi connectivity index (χ0n) is 9.98. The summed E-state index contributed by atoms with van der Waals surface area (Å²) < 4.78 is 21.9. The Morgan fingerprint density at radius 2 is 2.06 bits per heavy atom. The zero-order chi connectivity index (χ0) is 13.1. The Morgan fingerprint density at radius 1 is 1.41 bits per heavy atom. The molecule has 0 radical (unpaired) electrons. The minimum atomic E-state index is -2.95. The lowest BCUT2D eigenvalue weighted by atomic mass is 10.0. The van der Waals surface area contributed by atoms with Crippen LogP contribution in [0.3, 0.4) is 0 Å². The van der Waals surface area contributed by atoms with Crippen LogP contribution >= 0.6 is 11.6 Å². The summed E-state index contributed by atoms with van der Waals surface area (Å²) >= 11 is 5.82. The van der Waals surface area contributed by atoms with Crippen LogP contribution in [-0.4, -0.2) is 25.5 Å². The molecule has 5 heteroatoms. The first-order chi connectivity index (χ1) is 7.79. The second-order valence-electron chi connectivity index (χ2n) is 4.29. The Bertz CT molecular complexity index is 483. The van der Waals surface area contributed by atoms with E-state index in [1.807, 2.05) is 6.92 Å². The molecule has 1 atom stereocenters. The predicted molar refractivity (Wildman–Crippen MR) is 70.1 cm³/mol. The molecule has 0 aliphatic carbocycles. The van der Waals surface area contributed by atoms with Gasteiger partial charge in [-0.15, -0.1) is 0 Å². The van der Waals surface area contributed by atoms with Crippen LogP contribution in [0.4, 0.5) is 0 Å². The van der Waals surface area contributed by atoms with Crippen molar-refractivity contribution in [2.45, 2.75) is 25.9 Å². The smallest absolute Gasteiger partial charge is 0.147 e. The molecular weight excluding hydrogens is 260 g/mol. The summed E-state index contributed by atoms with van der Waals surface area (Å²) in [5.74, 6) is 0.108. The number of aliphatic hydroxyl groups excluding tert-OH is 1. The van der Waals surface area contributed by atoms with Crippen molar-refractivity contribution in [2.24, 2.45) is 0 Å². The van der Waals surface area contributed by atoms with Crippen molar-refractivity contribution in [2.75, 3.05) is 12.0 Å². The zero-order valence-corrected chi connectivity index (χ0v) is 11.6. The summed E-state index contributed by atoms with van der Waals surface area (Å²) in [5.41, 5.74) is 1.73. The largest absolute Gasteiger partial charge is 0.388 e. The molecule has 1 N–H and O–H groups in total. The number of rotatable bonds is 5. The Kier molecular flexibility index (Phi) is 4.98. The van der Waals surface area contributed by atoms with E-state index in [1.54, 1.807) is 18.2 Å². The van der Waals surface area contributed by atoms with E-state index < -0.39 is 15.9 Å². The number of aliphatic hydroxyl groups is 1. The van der Waals surface area contributed by atoms with Crippen molar-refractivity contribution < 1.29 is 13.5 Å². The first-order valence-corrected chi connectivity index (χ1v) is 7.85. The van der Waals surface area contributed by atoms with Gasteiger partial charge in [0.1, 0.15) is 9.84 Å². The molecule has 96 valence electrons. The maximum absolute atomic E-state index is 11.0. The number of hydrogen-bond donors (Lipinski definition) is 1. The standard InChI is InChI=1S/C12H17ClO3S/c1-9-8-10(13)5-6-11(9)12(14)4-3-7-17(2,15)16/h5-6,8,12,14H,3-4,7H2,1-2H3.